The highest BCUT2D eigenvalue weighted by atomic mass is 16.7. The van der Waals surface area contributed by atoms with Crippen LogP contribution in [0.5, 0.6) is 11.5 Å². The van der Waals surface area contributed by atoms with E-state index < -0.39 is 0 Å². The van der Waals surface area contributed by atoms with Gasteiger partial charge in [0.15, 0.2) is 11.5 Å². The molecule has 0 radical (unpaired) electrons. The minimum absolute atomic E-state index is 0.0892. The van der Waals surface area contributed by atoms with Gasteiger partial charge in [0.25, 0.3) is 0 Å². The topological polar surface area (TPSA) is 47.6 Å². The van der Waals surface area contributed by atoms with E-state index in [0.717, 1.165) is 29.0 Å². The van der Waals surface area contributed by atoms with Crippen molar-refractivity contribution in [1.29, 1.82) is 0 Å². The van der Waals surface area contributed by atoms with Gasteiger partial charge in [-0.2, -0.15) is 0 Å². The fourth-order valence-electron chi connectivity index (χ4n) is 2.65. The lowest BCUT2D eigenvalue weighted by Crippen LogP contribution is -2.23. The number of carbonyl (C=O) groups is 1. The normalized spacial score (nSPS) is 12.8. The summed E-state index contributed by atoms with van der Waals surface area (Å²) in [6, 6.07) is 14.1. The summed E-state index contributed by atoms with van der Waals surface area (Å²) in [6.45, 7) is 5.18. The maximum Gasteiger partial charge on any atom is 0.244 e. The van der Waals surface area contributed by atoms with Crippen molar-refractivity contribution in [2.24, 2.45) is 0 Å². The summed E-state index contributed by atoms with van der Waals surface area (Å²) >= 11 is 0. The molecule has 1 aliphatic rings. The average molecular weight is 337 g/mol. The second kappa shape index (κ2) is 7.88. The van der Waals surface area contributed by atoms with Crippen LogP contribution in [0.15, 0.2) is 48.5 Å². The van der Waals surface area contributed by atoms with Gasteiger partial charge in [-0.05, 0) is 47.2 Å². The van der Waals surface area contributed by atoms with Gasteiger partial charge in [-0.3, -0.25) is 4.79 Å². The summed E-state index contributed by atoms with van der Waals surface area (Å²) in [4.78, 5) is 11.9. The highest BCUT2D eigenvalue weighted by Gasteiger charge is 2.12. The van der Waals surface area contributed by atoms with Crippen molar-refractivity contribution in [3.8, 4) is 11.5 Å². The van der Waals surface area contributed by atoms with Gasteiger partial charge in [0.1, 0.15) is 0 Å². The van der Waals surface area contributed by atoms with Crippen LogP contribution in [0, 0.1) is 0 Å². The summed E-state index contributed by atoms with van der Waals surface area (Å²) in [6.07, 6.45) is 4.16. The molecule has 130 valence electrons. The molecular formula is C21H23NO3. The molecule has 2 aromatic rings. The van der Waals surface area contributed by atoms with Crippen LogP contribution in [-0.2, 0) is 11.2 Å². The predicted octanol–water partition coefficient (Wildman–Crippen LogP) is 3.91. The zero-order chi connectivity index (χ0) is 17.6. The maximum absolute atomic E-state index is 11.9. The third-order valence-corrected chi connectivity index (χ3v) is 4.18. The number of hydrogen-bond acceptors (Lipinski definition) is 3. The molecule has 0 saturated heterocycles. The number of hydrogen-bond donors (Lipinski definition) is 1. The Morgan fingerprint density at radius 1 is 1.12 bits per heavy atom. The fourth-order valence-corrected chi connectivity index (χ4v) is 2.65. The van der Waals surface area contributed by atoms with Crippen LogP contribution < -0.4 is 14.8 Å². The van der Waals surface area contributed by atoms with Gasteiger partial charge in [-0.25, -0.2) is 0 Å². The Morgan fingerprint density at radius 3 is 2.64 bits per heavy atom. The standard InChI is InChI=1S/C21H23NO3/c1-15(2)18-7-3-16(4-8-18)6-10-21(23)22-12-11-17-5-9-19-20(13-17)25-14-24-19/h3-10,13,15H,11-12,14H2,1-2H3,(H,22,23). The molecule has 3 rings (SSSR count). The van der Waals surface area contributed by atoms with E-state index >= 15 is 0 Å². The summed E-state index contributed by atoms with van der Waals surface area (Å²) in [5.74, 6) is 1.97. The van der Waals surface area contributed by atoms with Gasteiger partial charge < -0.3 is 14.8 Å². The van der Waals surface area contributed by atoms with Gasteiger partial charge in [-0.1, -0.05) is 44.2 Å². The summed E-state index contributed by atoms with van der Waals surface area (Å²) < 4.78 is 10.6. The molecule has 1 heterocycles. The summed E-state index contributed by atoms with van der Waals surface area (Å²) in [5.41, 5.74) is 3.43. The number of amides is 1. The first kappa shape index (κ1) is 17.1. The molecule has 1 N–H and O–H groups in total. The largest absolute Gasteiger partial charge is 0.454 e. The van der Waals surface area contributed by atoms with Gasteiger partial charge in [0.05, 0.1) is 0 Å². The molecule has 0 saturated carbocycles. The van der Waals surface area contributed by atoms with Crippen LogP contribution in [0.1, 0.15) is 36.5 Å². The Morgan fingerprint density at radius 2 is 1.88 bits per heavy atom. The van der Waals surface area contributed by atoms with E-state index in [1.54, 1.807) is 6.08 Å². The maximum atomic E-state index is 11.9. The molecule has 0 fully saturated rings. The quantitative estimate of drug-likeness (QED) is 0.813. The van der Waals surface area contributed by atoms with Gasteiger partial charge in [0.2, 0.25) is 12.7 Å². The SMILES string of the molecule is CC(C)c1ccc(C=CC(=O)NCCc2ccc3c(c2)OCO3)cc1. The molecule has 0 unspecified atom stereocenters. The Balaban J connectivity index is 1.46. The Kier molecular flexibility index (Phi) is 5.39. The predicted molar refractivity (Wildman–Crippen MR) is 98.8 cm³/mol. The number of benzene rings is 2. The Labute approximate surface area is 148 Å². The molecule has 1 aliphatic heterocycles. The molecule has 2 aromatic carbocycles. The number of ether oxygens (including phenoxy) is 2. The van der Waals surface area contributed by atoms with Crippen LogP contribution in [-0.4, -0.2) is 19.2 Å². The van der Waals surface area contributed by atoms with E-state index in [4.69, 9.17) is 9.47 Å². The number of rotatable bonds is 6. The zero-order valence-electron chi connectivity index (χ0n) is 14.6. The van der Waals surface area contributed by atoms with Crippen molar-refractivity contribution in [1.82, 2.24) is 5.32 Å². The van der Waals surface area contributed by atoms with E-state index in [9.17, 15) is 4.79 Å². The first-order chi connectivity index (χ1) is 12.1. The van der Waals surface area contributed by atoms with E-state index in [0.29, 0.717) is 12.5 Å². The van der Waals surface area contributed by atoms with Crippen molar-refractivity contribution in [2.75, 3.05) is 13.3 Å². The van der Waals surface area contributed by atoms with Crippen molar-refractivity contribution < 1.29 is 14.3 Å². The lowest BCUT2D eigenvalue weighted by atomic mass is 10.0. The molecule has 25 heavy (non-hydrogen) atoms. The Hall–Kier alpha value is -2.75. The van der Waals surface area contributed by atoms with E-state index in [1.807, 2.05) is 36.4 Å². The van der Waals surface area contributed by atoms with Gasteiger partial charge in [0, 0.05) is 12.6 Å². The van der Waals surface area contributed by atoms with Crippen LogP contribution in [0.3, 0.4) is 0 Å². The highest BCUT2D eigenvalue weighted by molar-refractivity contribution is 5.91. The first-order valence-corrected chi connectivity index (χ1v) is 8.56. The van der Waals surface area contributed by atoms with Gasteiger partial charge in [-0.15, -0.1) is 0 Å². The monoisotopic (exact) mass is 337 g/mol. The van der Waals surface area contributed by atoms with Crippen LogP contribution in [0.2, 0.25) is 0 Å². The lowest BCUT2D eigenvalue weighted by Gasteiger charge is -2.05. The van der Waals surface area contributed by atoms with Crippen LogP contribution in [0.25, 0.3) is 6.08 Å². The smallest absolute Gasteiger partial charge is 0.244 e. The zero-order valence-corrected chi connectivity index (χ0v) is 14.6. The van der Waals surface area contributed by atoms with Crippen LogP contribution >= 0.6 is 0 Å². The van der Waals surface area contributed by atoms with Crippen molar-refractivity contribution >= 4 is 12.0 Å². The first-order valence-electron chi connectivity index (χ1n) is 8.56. The molecule has 4 heteroatoms. The second-order valence-electron chi connectivity index (χ2n) is 6.38. The van der Waals surface area contributed by atoms with E-state index in [2.05, 4.69) is 31.3 Å². The highest BCUT2D eigenvalue weighted by Crippen LogP contribution is 2.32. The minimum atomic E-state index is -0.0892. The summed E-state index contributed by atoms with van der Waals surface area (Å²) in [7, 11) is 0. The van der Waals surface area contributed by atoms with E-state index in [1.165, 1.54) is 5.56 Å². The summed E-state index contributed by atoms with van der Waals surface area (Å²) in [5, 5.41) is 2.90. The van der Waals surface area contributed by atoms with Crippen LogP contribution in [0.4, 0.5) is 0 Å². The molecule has 0 bridgehead atoms. The lowest BCUT2D eigenvalue weighted by molar-refractivity contribution is -0.116. The van der Waals surface area contributed by atoms with Crippen molar-refractivity contribution in [2.45, 2.75) is 26.2 Å². The molecule has 0 spiro atoms. The average Bonchev–Trinajstić information content (AvgIpc) is 3.08. The third-order valence-electron chi connectivity index (χ3n) is 4.18. The number of carbonyl (C=O) groups excluding carboxylic acids is 1. The Bertz CT molecular complexity index is 763. The molecule has 0 aromatic heterocycles. The molecule has 0 aliphatic carbocycles. The third kappa shape index (κ3) is 4.63. The van der Waals surface area contributed by atoms with E-state index in [-0.39, 0.29) is 12.7 Å². The molecule has 0 atom stereocenters. The molecular weight excluding hydrogens is 314 g/mol. The number of nitrogens with one attached hydrogen (secondary N) is 1. The fraction of sp³-hybridized carbons (Fsp3) is 0.286. The minimum Gasteiger partial charge on any atom is -0.454 e. The van der Waals surface area contributed by atoms with Gasteiger partial charge >= 0.3 is 0 Å². The second-order valence-corrected chi connectivity index (χ2v) is 6.38. The molecule has 1 amide bonds. The van der Waals surface area contributed by atoms with Crippen molar-refractivity contribution in [3.05, 3.63) is 65.2 Å². The molecule has 4 nitrogen and oxygen atoms in total. The van der Waals surface area contributed by atoms with Crippen molar-refractivity contribution in [3.63, 3.8) is 0 Å². The number of fused-ring (bicyclic) bond motifs is 1.